The van der Waals surface area contributed by atoms with Crippen LogP contribution < -0.4 is 10.6 Å². The molecule has 0 radical (unpaired) electrons. The summed E-state index contributed by atoms with van der Waals surface area (Å²) in [4.78, 5) is 24.6. The summed E-state index contributed by atoms with van der Waals surface area (Å²) < 4.78 is 27.3. The fourth-order valence-electron chi connectivity index (χ4n) is 3.29. The summed E-state index contributed by atoms with van der Waals surface area (Å²) in [5, 5.41) is 5.52. The highest BCUT2D eigenvalue weighted by Gasteiger charge is 2.39. The highest BCUT2D eigenvalue weighted by Crippen LogP contribution is 2.27. The molecule has 0 unspecified atom stereocenters. The number of benzene rings is 2. The molecular weight excluding hydrogens is 390 g/mol. The van der Waals surface area contributed by atoms with E-state index in [0.29, 0.717) is 37.2 Å². The van der Waals surface area contributed by atoms with Gasteiger partial charge in [-0.05, 0) is 50.1 Å². The second kappa shape index (κ2) is 8.75. The lowest BCUT2D eigenvalue weighted by molar-refractivity contribution is -0.119. The minimum absolute atomic E-state index is 0.125. The van der Waals surface area contributed by atoms with Crippen LogP contribution in [0.3, 0.4) is 0 Å². The van der Waals surface area contributed by atoms with E-state index >= 15 is 0 Å². The van der Waals surface area contributed by atoms with Crippen LogP contribution in [0.2, 0.25) is 0 Å². The minimum atomic E-state index is -3.75. The maximum absolute atomic E-state index is 13.0. The first-order valence-electron chi connectivity index (χ1n) is 9.60. The quantitative estimate of drug-likeness (QED) is 0.758. The van der Waals surface area contributed by atoms with E-state index in [4.69, 9.17) is 0 Å². The summed E-state index contributed by atoms with van der Waals surface area (Å²) in [7, 11) is -3.75. The molecule has 29 heavy (non-hydrogen) atoms. The molecule has 2 amide bonds. The lowest BCUT2D eigenvalue weighted by Crippen LogP contribution is -2.43. The Hall–Kier alpha value is -2.71. The van der Waals surface area contributed by atoms with Crippen molar-refractivity contribution in [3.63, 3.8) is 0 Å². The zero-order valence-electron chi connectivity index (χ0n) is 16.5. The number of carbonyl (C=O) groups is 2. The van der Waals surface area contributed by atoms with E-state index in [1.807, 2.05) is 6.92 Å². The lowest BCUT2D eigenvalue weighted by Gasteiger charge is -2.23. The molecular formula is C21H25N3O4S. The number of rotatable bonds is 6. The van der Waals surface area contributed by atoms with Crippen LogP contribution in [-0.2, 0) is 19.6 Å². The van der Waals surface area contributed by atoms with Gasteiger partial charge in [0.05, 0.1) is 4.90 Å². The molecule has 0 saturated carbocycles. The van der Waals surface area contributed by atoms with Crippen molar-refractivity contribution in [3.05, 3.63) is 54.1 Å². The van der Waals surface area contributed by atoms with Crippen LogP contribution in [0.4, 0.5) is 11.4 Å². The number of hydrogen-bond acceptors (Lipinski definition) is 4. The largest absolute Gasteiger partial charge is 0.326 e. The van der Waals surface area contributed by atoms with Crippen LogP contribution in [0.25, 0.3) is 0 Å². The predicted molar refractivity (Wildman–Crippen MR) is 112 cm³/mol. The van der Waals surface area contributed by atoms with Crippen LogP contribution in [-0.4, -0.2) is 37.1 Å². The van der Waals surface area contributed by atoms with Crippen molar-refractivity contribution in [2.45, 2.75) is 44.0 Å². The van der Waals surface area contributed by atoms with Crippen molar-refractivity contribution in [2.24, 2.45) is 0 Å². The van der Waals surface area contributed by atoms with Gasteiger partial charge in [-0.15, -0.1) is 0 Å². The van der Waals surface area contributed by atoms with Gasteiger partial charge in [-0.3, -0.25) is 9.59 Å². The second-order valence-corrected chi connectivity index (χ2v) is 8.95. The van der Waals surface area contributed by atoms with Gasteiger partial charge >= 0.3 is 0 Å². The molecule has 0 bridgehead atoms. The van der Waals surface area contributed by atoms with Crippen LogP contribution in [0.15, 0.2) is 53.4 Å². The fourth-order valence-corrected chi connectivity index (χ4v) is 4.94. The van der Waals surface area contributed by atoms with Gasteiger partial charge in [0.2, 0.25) is 21.8 Å². The Kier molecular flexibility index (Phi) is 6.34. The van der Waals surface area contributed by atoms with Crippen molar-refractivity contribution in [2.75, 3.05) is 17.2 Å². The van der Waals surface area contributed by atoms with Gasteiger partial charge in [-0.25, -0.2) is 8.42 Å². The molecule has 154 valence electrons. The molecule has 1 saturated heterocycles. The maximum Gasteiger partial charge on any atom is 0.243 e. The van der Waals surface area contributed by atoms with Gasteiger partial charge in [-0.2, -0.15) is 4.31 Å². The van der Waals surface area contributed by atoms with Crippen molar-refractivity contribution >= 4 is 33.2 Å². The third-order valence-electron chi connectivity index (χ3n) is 4.87. The minimum Gasteiger partial charge on any atom is -0.326 e. The van der Waals surface area contributed by atoms with Crippen LogP contribution in [0, 0.1) is 6.92 Å². The molecule has 3 rings (SSSR count). The zero-order chi connectivity index (χ0) is 21.0. The summed E-state index contributed by atoms with van der Waals surface area (Å²) in [5.41, 5.74) is 2.04. The van der Waals surface area contributed by atoms with Crippen molar-refractivity contribution in [3.8, 4) is 0 Å². The molecule has 0 aliphatic carbocycles. The Morgan fingerprint density at radius 3 is 2.38 bits per heavy atom. The highest BCUT2D eigenvalue weighted by atomic mass is 32.2. The Labute approximate surface area is 171 Å². The van der Waals surface area contributed by atoms with Crippen LogP contribution in [0.5, 0.6) is 0 Å². The Balaban J connectivity index is 1.76. The molecule has 1 heterocycles. The topological polar surface area (TPSA) is 95.6 Å². The van der Waals surface area contributed by atoms with E-state index in [1.165, 1.54) is 4.31 Å². The standard InChI is InChI=1S/C21H25N3O4S/c1-3-20(25)22-16-6-4-7-17(14-16)23-21(26)19-8-5-13-24(19)29(27,28)18-11-9-15(2)10-12-18/h4,6-7,9-12,14,19H,3,5,8,13H2,1-2H3,(H,22,25)(H,23,26)/t19-/m0/s1. The first-order valence-corrected chi connectivity index (χ1v) is 11.0. The number of sulfonamides is 1. The number of aryl methyl sites for hydroxylation is 1. The van der Waals surface area contributed by atoms with E-state index < -0.39 is 16.1 Å². The van der Waals surface area contributed by atoms with Crippen LogP contribution in [0.1, 0.15) is 31.7 Å². The van der Waals surface area contributed by atoms with E-state index in [0.717, 1.165) is 5.56 Å². The average Bonchev–Trinajstić information content (AvgIpc) is 3.19. The number of nitrogens with one attached hydrogen (secondary N) is 2. The number of hydrogen-bond donors (Lipinski definition) is 2. The van der Waals surface area contributed by atoms with Crippen molar-refractivity contribution in [1.29, 1.82) is 0 Å². The monoisotopic (exact) mass is 415 g/mol. The summed E-state index contributed by atoms with van der Waals surface area (Å²) in [5.74, 6) is -0.503. The first kappa shape index (κ1) is 21.0. The number of carbonyl (C=O) groups excluding carboxylic acids is 2. The van der Waals surface area contributed by atoms with Gasteiger partial charge in [0, 0.05) is 24.3 Å². The van der Waals surface area contributed by atoms with Gasteiger partial charge in [0.15, 0.2) is 0 Å². The van der Waals surface area contributed by atoms with Crippen LogP contribution >= 0.6 is 0 Å². The normalized spacial score (nSPS) is 17.1. The molecule has 0 aromatic heterocycles. The molecule has 1 aliphatic rings. The molecule has 2 aromatic rings. The summed E-state index contributed by atoms with van der Waals surface area (Å²) in [6.07, 6.45) is 1.43. The third kappa shape index (κ3) is 4.83. The first-order chi connectivity index (χ1) is 13.8. The molecule has 1 atom stereocenters. The molecule has 1 aliphatic heterocycles. The Bertz CT molecular complexity index is 1000. The Morgan fingerprint density at radius 1 is 1.07 bits per heavy atom. The molecule has 8 heteroatoms. The average molecular weight is 416 g/mol. The number of nitrogens with zero attached hydrogens (tertiary/aromatic N) is 1. The molecule has 2 N–H and O–H groups in total. The van der Waals surface area contributed by atoms with Gasteiger partial charge < -0.3 is 10.6 Å². The fraction of sp³-hybridized carbons (Fsp3) is 0.333. The Morgan fingerprint density at radius 2 is 1.72 bits per heavy atom. The zero-order valence-corrected chi connectivity index (χ0v) is 17.3. The van der Waals surface area contributed by atoms with E-state index in [1.54, 1.807) is 55.5 Å². The van der Waals surface area contributed by atoms with Crippen molar-refractivity contribution < 1.29 is 18.0 Å². The van der Waals surface area contributed by atoms with E-state index in [2.05, 4.69) is 10.6 Å². The maximum atomic E-state index is 13.0. The second-order valence-electron chi connectivity index (χ2n) is 7.06. The lowest BCUT2D eigenvalue weighted by atomic mass is 10.2. The predicted octanol–water partition coefficient (Wildman–Crippen LogP) is 3.14. The number of anilines is 2. The van der Waals surface area contributed by atoms with Crippen molar-refractivity contribution in [1.82, 2.24) is 4.31 Å². The third-order valence-corrected chi connectivity index (χ3v) is 6.79. The summed E-state index contributed by atoms with van der Waals surface area (Å²) in [6.45, 7) is 3.95. The van der Waals surface area contributed by atoms with Gasteiger partial charge in [-0.1, -0.05) is 30.7 Å². The van der Waals surface area contributed by atoms with Gasteiger partial charge in [0.1, 0.15) is 6.04 Å². The molecule has 7 nitrogen and oxygen atoms in total. The number of amides is 2. The summed E-state index contributed by atoms with van der Waals surface area (Å²) >= 11 is 0. The van der Waals surface area contributed by atoms with E-state index in [-0.39, 0.29) is 16.7 Å². The molecule has 0 spiro atoms. The van der Waals surface area contributed by atoms with E-state index in [9.17, 15) is 18.0 Å². The van der Waals surface area contributed by atoms with Gasteiger partial charge in [0.25, 0.3) is 0 Å². The smallest absolute Gasteiger partial charge is 0.243 e. The SMILES string of the molecule is CCC(=O)Nc1cccc(NC(=O)[C@@H]2CCCN2S(=O)(=O)c2ccc(C)cc2)c1. The highest BCUT2D eigenvalue weighted by molar-refractivity contribution is 7.89. The summed E-state index contributed by atoms with van der Waals surface area (Å²) in [6, 6.07) is 12.7. The molecule has 1 fully saturated rings. The molecule has 2 aromatic carbocycles.